The third kappa shape index (κ3) is 10.8. The average Bonchev–Trinajstić information content (AvgIpc) is 2.61. The monoisotopic (exact) mass is 492 g/mol. The Morgan fingerprint density at radius 3 is 2.52 bits per heavy atom. The van der Waals surface area contributed by atoms with Crippen molar-refractivity contribution in [1.29, 1.82) is 0 Å². The maximum atomic E-state index is 5.82. The number of rotatable bonds is 11. The van der Waals surface area contributed by atoms with Gasteiger partial charge in [-0.1, -0.05) is 12.1 Å². The smallest absolute Gasteiger partial charge is 0.191 e. The Morgan fingerprint density at radius 1 is 1.19 bits per heavy atom. The normalized spacial score (nSPS) is 12.5. The summed E-state index contributed by atoms with van der Waals surface area (Å²) >= 11 is 0. The molecule has 0 aliphatic carbocycles. The molecule has 0 saturated carbocycles. The number of guanidine groups is 1. The molecule has 0 fully saturated rings. The molecule has 0 heterocycles. The summed E-state index contributed by atoms with van der Waals surface area (Å²) in [6.45, 7) is 9.86. The molecule has 0 aliphatic heterocycles. The first-order valence-corrected chi connectivity index (χ1v) is 9.43. The molecule has 0 bridgehead atoms. The van der Waals surface area contributed by atoms with E-state index in [4.69, 9.17) is 9.47 Å². The van der Waals surface area contributed by atoms with Crippen LogP contribution in [0, 0.1) is 6.92 Å². The van der Waals surface area contributed by atoms with Crippen molar-refractivity contribution in [3.8, 4) is 5.75 Å². The third-order valence-corrected chi connectivity index (χ3v) is 3.99. The summed E-state index contributed by atoms with van der Waals surface area (Å²) < 4.78 is 11.6. The van der Waals surface area contributed by atoms with Gasteiger partial charge in [-0.05, 0) is 52.9 Å². The number of halogens is 1. The minimum Gasteiger partial charge on any atom is -0.494 e. The van der Waals surface area contributed by atoms with E-state index in [9.17, 15) is 0 Å². The Kier molecular flexibility index (Phi) is 14.3. The van der Waals surface area contributed by atoms with E-state index in [0.29, 0.717) is 19.8 Å². The lowest BCUT2D eigenvalue weighted by molar-refractivity contribution is 0.0548. The molecule has 27 heavy (non-hydrogen) atoms. The predicted octanol–water partition coefficient (Wildman–Crippen LogP) is 3.03. The van der Waals surface area contributed by atoms with Gasteiger partial charge in [-0.25, -0.2) is 0 Å². The van der Waals surface area contributed by atoms with Gasteiger partial charge in [0.05, 0.1) is 12.7 Å². The standard InChI is InChI=1S/C20H36N4O2.HI/c1-7-25-18(11-12-24(5)6)15-23-20(21-4)22-14-17-10-9-16(3)13-19(17)26-8-2;/h9-10,13,18H,7-8,11-12,14-15H2,1-6H3,(H2,21,22,23);1H. The van der Waals surface area contributed by atoms with Crippen LogP contribution in [0.15, 0.2) is 23.2 Å². The maximum absolute atomic E-state index is 5.82. The fourth-order valence-electron chi connectivity index (χ4n) is 2.59. The highest BCUT2D eigenvalue weighted by Crippen LogP contribution is 2.20. The Bertz CT molecular complexity index is 553. The van der Waals surface area contributed by atoms with Gasteiger partial charge in [0.2, 0.25) is 0 Å². The molecule has 0 aliphatic rings. The van der Waals surface area contributed by atoms with Crippen LogP contribution in [0.4, 0.5) is 0 Å². The van der Waals surface area contributed by atoms with Crippen molar-refractivity contribution >= 4 is 29.9 Å². The molecule has 2 N–H and O–H groups in total. The number of hydrogen-bond acceptors (Lipinski definition) is 4. The van der Waals surface area contributed by atoms with E-state index in [2.05, 4.69) is 59.7 Å². The summed E-state index contributed by atoms with van der Waals surface area (Å²) in [5.74, 6) is 1.69. The first kappa shape index (κ1) is 25.9. The minimum absolute atomic E-state index is 0. The second-order valence-corrected chi connectivity index (χ2v) is 6.52. The largest absolute Gasteiger partial charge is 0.494 e. The number of aliphatic imine (C=N–C) groups is 1. The fraction of sp³-hybridized carbons (Fsp3) is 0.650. The highest BCUT2D eigenvalue weighted by atomic mass is 127. The van der Waals surface area contributed by atoms with Gasteiger partial charge in [-0.2, -0.15) is 0 Å². The lowest BCUT2D eigenvalue weighted by Crippen LogP contribution is -2.42. The van der Waals surface area contributed by atoms with Crippen molar-refractivity contribution in [3.63, 3.8) is 0 Å². The zero-order chi connectivity index (χ0) is 19.4. The van der Waals surface area contributed by atoms with Gasteiger partial charge in [0.25, 0.3) is 0 Å². The summed E-state index contributed by atoms with van der Waals surface area (Å²) in [7, 11) is 5.94. The first-order chi connectivity index (χ1) is 12.5. The molecule has 0 amide bonds. The molecule has 156 valence electrons. The molecular weight excluding hydrogens is 455 g/mol. The lowest BCUT2D eigenvalue weighted by atomic mass is 10.1. The molecule has 1 unspecified atom stereocenters. The number of nitrogens with zero attached hydrogens (tertiary/aromatic N) is 2. The van der Waals surface area contributed by atoms with Crippen LogP contribution >= 0.6 is 24.0 Å². The van der Waals surface area contributed by atoms with Crippen LogP contribution in [0.1, 0.15) is 31.4 Å². The minimum atomic E-state index is 0. The van der Waals surface area contributed by atoms with E-state index in [-0.39, 0.29) is 30.1 Å². The Balaban J connectivity index is 0.00000676. The molecule has 7 heteroatoms. The zero-order valence-corrected chi connectivity index (χ0v) is 20.0. The van der Waals surface area contributed by atoms with Gasteiger partial charge >= 0.3 is 0 Å². The number of benzene rings is 1. The van der Waals surface area contributed by atoms with Gasteiger partial charge in [0, 0.05) is 38.9 Å². The Hall–Kier alpha value is -1.06. The highest BCUT2D eigenvalue weighted by molar-refractivity contribution is 14.0. The molecule has 1 aromatic carbocycles. The van der Waals surface area contributed by atoms with Crippen molar-refractivity contribution in [3.05, 3.63) is 29.3 Å². The van der Waals surface area contributed by atoms with E-state index in [1.54, 1.807) is 7.05 Å². The van der Waals surface area contributed by atoms with E-state index < -0.39 is 0 Å². The number of ether oxygens (including phenoxy) is 2. The summed E-state index contributed by atoms with van der Waals surface area (Å²) in [4.78, 5) is 6.48. The van der Waals surface area contributed by atoms with Crippen LogP contribution in [-0.4, -0.2) is 64.4 Å². The van der Waals surface area contributed by atoms with E-state index in [0.717, 1.165) is 36.8 Å². The van der Waals surface area contributed by atoms with Gasteiger partial charge in [-0.15, -0.1) is 24.0 Å². The Morgan fingerprint density at radius 2 is 1.93 bits per heavy atom. The summed E-state index contributed by atoms with van der Waals surface area (Å²) in [6, 6.07) is 6.27. The fourth-order valence-corrected chi connectivity index (χ4v) is 2.59. The quantitative estimate of drug-likeness (QED) is 0.283. The molecule has 0 aromatic heterocycles. The summed E-state index contributed by atoms with van der Waals surface area (Å²) in [6.07, 6.45) is 1.15. The predicted molar refractivity (Wildman–Crippen MR) is 125 cm³/mol. The second-order valence-electron chi connectivity index (χ2n) is 6.52. The summed E-state index contributed by atoms with van der Waals surface area (Å²) in [5.41, 5.74) is 2.31. The number of aryl methyl sites for hydroxylation is 1. The molecule has 1 aromatic rings. The topological polar surface area (TPSA) is 58.1 Å². The van der Waals surface area contributed by atoms with Crippen LogP contribution in [0.5, 0.6) is 5.75 Å². The van der Waals surface area contributed by atoms with Gasteiger partial charge in [-0.3, -0.25) is 4.99 Å². The zero-order valence-electron chi connectivity index (χ0n) is 17.7. The number of nitrogens with one attached hydrogen (secondary N) is 2. The maximum Gasteiger partial charge on any atom is 0.191 e. The molecular formula is C20H37IN4O2. The molecule has 6 nitrogen and oxygen atoms in total. The Labute approximate surface area is 182 Å². The van der Waals surface area contributed by atoms with Gasteiger partial charge < -0.3 is 25.0 Å². The van der Waals surface area contributed by atoms with Gasteiger partial charge in [0.1, 0.15) is 5.75 Å². The van der Waals surface area contributed by atoms with E-state index >= 15 is 0 Å². The van der Waals surface area contributed by atoms with E-state index in [1.165, 1.54) is 5.56 Å². The van der Waals surface area contributed by atoms with Crippen LogP contribution in [0.2, 0.25) is 0 Å². The molecule has 0 spiro atoms. The van der Waals surface area contributed by atoms with Crippen molar-refractivity contribution in [2.24, 2.45) is 4.99 Å². The molecule has 1 rings (SSSR count). The molecule has 0 saturated heterocycles. The summed E-state index contributed by atoms with van der Waals surface area (Å²) in [5, 5.41) is 6.72. The lowest BCUT2D eigenvalue weighted by Gasteiger charge is -2.21. The van der Waals surface area contributed by atoms with Crippen molar-refractivity contribution in [2.45, 2.75) is 39.8 Å². The highest BCUT2D eigenvalue weighted by Gasteiger charge is 2.11. The molecule has 0 radical (unpaired) electrons. The SMILES string of the molecule is CCOc1cc(C)ccc1CNC(=NC)NCC(CCN(C)C)OCC.I. The van der Waals surface area contributed by atoms with Gasteiger partial charge in [0.15, 0.2) is 5.96 Å². The van der Waals surface area contributed by atoms with Crippen molar-refractivity contribution in [1.82, 2.24) is 15.5 Å². The van der Waals surface area contributed by atoms with Crippen molar-refractivity contribution in [2.75, 3.05) is 47.4 Å². The van der Waals surface area contributed by atoms with Crippen LogP contribution < -0.4 is 15.4 Å². The van der Waals surface area contributed by atoms with E-state index in [1.807, 2.05) is 13.8 Å². The second kappa shape index (κ2) is 14.9. The van der Waals surface area contributed by atoms with Crippen LogP contribution in [-0.2, 0) is 11.3 Å². The van der Waals surface area contributed by atoms with Crippen molar-refractivity contribution < 1.29 is 9.47 Å². The first-order valence-electron chi connectivity index (χ1n) is 9.43. The average molecular weight is 492 g/mol. The molecule has 1 atom stereocenters. The van der Waals surface area contributed by atoms with Crippen LogP contribution in [0.3, 0.4) is 0 Å². The van der Waals surface area contributed by atoms with Crippen LogP contribution in [0.25, 0.3) is 0 Å². The number of hydrogen-bond donors (Lipinski definition) is 2. The third-order valence-electron chi connectivity index (χ3n) is 3.99.